The average Bonchev–Trinajstić information content (AvgIpc) is 3.56. The number of nitrogens with zero attached hydrogens (tertiary/aromatic N) is 2. The number of esters is 1. The summed E-state index contributed by atoms with van der Waals surface area (Å²) in [5.41, 5.74) is 8.23. The fraction of sp³-hybridized carbons (Fsp3) is 0.273. The van der Waals surface area contributed by atoms with Crippen LogP contribution in [-0.4, -0.2) is 59.7 Å². The largest absolute Gasteiger partial charge is 0.454 e. The predicted octanol–water partition coefficient (Wildman–Crippen LogP) is 3.96. The van der Waals surface area contributed by atoms with Crippen molar-refractivity contribution in [2.75, 3.05) is 11.4 Å². The lowest BCUT2D eigenvalue weighted by atomic mass is 9.78. The van der Waals surface area contributed by atoms with E-state index in [0.29, 0.717) is 13.0 Å². The second kappa shape index (κ2) is 9.11. The Morgan fingerprint density at radius 1 is 1.04 bits per heavy atom. The smallest absolute Gasteiger partial charge is 0.337 e. The number of hydrogen-bond acceptors (Lipinski definition) is 9. The van der Waals surface area contributed by atoms with E-state index in [-0.39, 0.29) is 10.6 Å². The number of amides is 2. The van der Waals surface area contributed by atoms with Crippen molar-refractivity contribution in [3.8, 4) is 22.3 Å². The van der Waals surface area contributed by atoms with Gasteiger partial charge in [0, 0.05) is 40.6 Å². The van der Waals surface area contributed by atoms with Gasteiger partial charge < -0.3 is 14.5 Å². The van der Waals surface area contributed by atoms with E-state index in [1.165, 1.54) is 27.6 Å². The number of allylic oxidation sites excluding steroid dienone is 1. The maximum Gasteiger partial charge on any atom is 0.337 e. The fourth-order valence-corrected chi connectivity index (χ4v) is 8.26. The lowest BCUT2D eigenvalue weighted by molar-refractivity contribution is -0.197. The normalized spacial score (nSPS) is 22.6. The number of anilines is 1. The average molecular weight is 627 g/mol. The highest BCUT2D eigenvalue weighted by Crippen LogP contribution is 2.59. The summed E-state index contributed by atoms with van der Waals surface area (Å²) in [7, 11) is -4.87. The molecule has 3 aromatic carbocycles. The second-order valence-electron chi connectivity index (χ2n) is 12.4. The van der Waals surface area contributed by atoms with Crippen molar-refractivity contribution in [2.24, 2.45) is 0 Å². The van der Waals surface area contributed by atoms with Gasteiger partial charge >= 0.3 is 11.9 Å². The van der Waals surface area contributed by atoms with Crippen molar-refractivity contribution >= 4 is 50.3 Å². The zero-order valence-corrected chi connectivity index (χ0v) is 25.0. The number of carbonyl (C=O) groups is 4. The molecule has 0 spiro atoms. The van der Waals surface area contributed by atoms with E-state index in [9.17, 15) is 32.1 Å². The lowest BCUT2D eigenvalue weighted by Gasteiger charge is -2.39. The zero-order chi connectivity index (χ0) is 31.6. The molecular weight excluding hydrogens is 600 g/mol. The van der Waals surface area contributed by atoms with Crippen LogP contribution in [0.4, 0.5) is 5.69 Å². The summed E-state index contributed by atoms with van der Waals surface area (Å²) in [6, 6.07) is 17.0. The first kappa shape index (κ1) is 27.7. The highest BCUT2D eigenvalue weighted by atomic mass is 32.2. The Kier molecular flexibility index (Phi) is 5.61. The number of fused-ring (bicyclic) bond motifs is 8. The monoisotopic (exact) mass is 626 g/mol. The molecule has 2 unspecified atom stereocenters. The summed E-state index contributed by atoms with van der Waals surface area (Å²) >= 11 is 0. The molecule has 5 aliphatic rings. The van der Waals surface area contributed by atoms with Gasteiger partial charge in [0.25, 0.3) is 21.9 Å². The number of imide groups is 1. The van der Waals surface area contributed by atoms with Crippen molar-refractivity contribution < 1.29 is 41.7 Å². The summed E-state index contributed by atoms with van der Waals surface area (Å²) in [6.07, 6.45) is 0.158. The van der Waals surface area contributed by atoms with Crippen LogP contribution in [0.3, 0.4) is 0 Å². The molecule has 4 heterocycles. The van der Waals surface area contributed by atoms with Gasteiger partial charge in [0.2, 0.25) is 0 Å². The van der Waals surface area contributed by atoms with Gasteiger partial charge in [-0.25, -0.2) is 9.59 Å². The molecule has 0 radical (unpaired) electrons. The van der Waals surface area contributed by atoms with Crippen LogP contribution in [0, 0.1) is 0 Å². The van der Waals surface area contributed by atoms with E-state index in [4.69, 9.17) is 9.57 Å². The zero-order valence-electron chi connectivity index (χ0n) is 24.2. The summed E-state index contributed by atoms with van der Waals surface area (Å²) in [5.74, 6) is -4.33. The Morgan fingerprint density at radius 2 is 1.76 bits per heavy atom. The molecule has 12 heteroatoms. The molecule has 4 aliphatic heterocycles. The number of ether oxygens (including phenoxy) is 1. The molecule has 45 heavy (non-hydrogen) atoms. The Hall–Kier alpha value is -4.81. The number of hydroxylamine groups is 2. The molecule has 228 valence electrons. The Labute approximate surface area is 257 Å². The summed E-state index contributed by atoms with van der Waals surface area (Å²) in [4.78, 5) is 57.5. The number of rotatable bonds is 4. The van der Waals surface area contributed by atoms with Gasteiger partial charge in [-0.2, -0.15) is 8.42 Å². The molecule has 0 saturated carbocycles. The van der Waals surface area contributed by atoms with Gasteiger partial charge in [-0.15, -0.1) is 5.06 Å². The van der Waals surface area contributed by atoms with Crippen LogP contribution in [0.15, 0.2) is 71.5 Å². The fourth-order valence-electron chi connectivity index (χ4n) is 7.56. The van der Waals surface area contributed by atoms with Crippen molar-refractivity contribution in [1.29, 1.82) is 0 Å². The standard InChI is InChI=1S/C33H26N2O9S/c1-33(2)23-14-21-18-7-4-3-6-17(18)19-8-5-9-20(28(19)21)29(23)34-11-10-24-22(30(33)34)12-16(32(39)43-24)13-27(37)44-35-26(36)15-25(31(35)38)45(40,41)42/h3-9,12,14,24-25H,10-11,13,15H2,1-2H3,(H,40,41,42). The van der Waals surface area contributed by atoms with Crippen LogP contribution in [0.25, 0.3) is 33.0 Å². The maximum atomic E-state index is 13.0. The molecule has 1 saturated heterocycles. The van der Waals surface area contributed by atoms with Crippen LogP contribution in [0.5, 0.6) is 0 Å². The van der Waals surface area contributed by atoms with Crippen LogP contribution in [0.1, 0.15) is 38.7 Å². The molecule has 3 aromatic rings. The van der Waals surface area contributed by atoms with Crippen LogP contribution in [-0.2, 0) is 44.3 Å². The summed E-state index contributed by atoms with van der Waals surface area (Å²) < 4.78 is 37.9. The molecule has 0 aromatic heterocycles. The van der Waals surface area contributed by atoms with Gasteiger partial charge in [-0.1, -0.05) is 56.3 Å². The maximum absolute atomic E-state index is 13.0. The Bertz CT molecular complexity index is 2130. The van der Waals surface area contributed by atoms with Gasteiger partial charge in [0.15, 0.2) is 5.25 Å². The third-order valence-electron chi connectivity index (χ3n) is 9.47. The van der Waals surface area contributed by atoms with Crippen LogP contribution >= 0.6 is 0 Å². The Morgan fingerprint density at radius 3 is 2.47 bits per heavy atom. The molecule has 2 amide bonds. The van der Waals surface area contributed by atoms with Crippen molar-refractivity contribution in [3.05, 3.63) is 77.0 Å². The molecule has 0 bridgehead atoms. The first-order chi connectivity index (χ1) is 21.4. The van der Waals surface area contributed by atoms with E-state index >= 15 is 0 Å². The van der Waals surface area contributed by atoms with E-state index in [1.54, 1.807) is 6.08 Å². The highest BCUT2D eigenvalue weighted by molar-refractivity contribution is 7.87. The topological polar surface area (TPSA) is 148 Å². The van der Waals surface area contributed by atoms with Crippen LogP contribution < -0.4 is 4.90 Å². The second-order valence-corrected chi connectivity index (χ2v) is 14.0. The first-order valence-corrected chi connectivity index (χ1v) is 16.0. The van der Waals surface area contributed by atoms with E-state index in [0.717, 1.165) is 27.9 Å². The van der Waals surface area contributed by atoms with E-state index in [2.05, 4.69) is 61.2 Å². The molecule has 2 atom stereocenters. The Balaban J connectivity index is 1.18. The quantitative estimate of drug-likeness (QED) is 0.201. The minimum Gasteiger partial charge on any atom is -0.454 e. The molecule has 1 N–H and O–H groups in total. The van der Waals surface area contributed by atoms with Crippen molar-refractivity contribution in [1.82, 2.24) is 5.06 Å². The highest BCUT2D eigenvalue weighted by Gasteiger charge is 2.50. The van der Waals surface area contributed by atoms with Crippen molar-refractivity contribution in [2.45, 2.75) is 49.9 Å². The third-order valence-corrected chi connectivity index (χ3v) is 10.6. The molecule has 1 fully saturated rings. The van der Waals surface area contributed by atoms with E-state index < -0.39 is 63.5 Å². The number of hydrogen-bond donors (Lipinski definition) is 1. The molecule has 8 rings (SSSR count). The third kappa shape index (κ3) is 3.82. The lowest BCUT2D eigenvalue weighted by Crippen LogP contribution is -2.41. The van der Waals surface area contributed by atoms with Gasteiger partial charge in [-0.05, 0) is 45.3 Å². The van der Waals surface area contributed by atoms with Gasteiger partial charge in [-0.3, -0.25) is 14.1 Å². The van der Waals surface area contributed by atoms with Gasteiger partial charge in [0.05, 0.1) is 18.5 Å². The van der Waals surface area contributed by atoms with Crippen molar-refractivity contribution in [3.63, 3.8) is 0 Å². The molecular formula is C33H26N2O9S. The molecule has 11 nitrogen and oxygen atoms in total. The minimum absolute atomic E-state index is 0.0262. The molecule has 1 aliphatic carbocycles. The first-order valence-electron chi connectivity index (χ1n) is 14.5. The minimum atomic E-state index is -4.87. The number of carbonyl (C=O) groups excluding carboxylic acids is 4. The SMILES string of the molecule is CC1(C)C2=C3C=C(CC(=O)ON4C(=O)CC(S(=O)(=O)O)C4=O)C(=O)OC3CCN2c2c1cc1c3c(cccc23)-c2ccccc2-1. The predicted molar refractivity (Wildman–Crippen MR) is 161 cm³/mol. The summed E-state index contributed by atoms with van der Waals surface area (Å²) in [5, 5.41) is 0.323. The van der Waals surface area contributed by atoms with Crippen LogP contribution in [0.2, 0.25) is 0 Å². The summed E-state index contributed by atoms with van der Waals surface area (Å²) in [6.45, 7) is 4.89. The van der Waals surface area contributed by atoms with Gasteiger partial charge in [0.1, 0.15) is 6.10 Å². The number of benzene rings is 3. The van der Waals surface area contributed by atoms with E-state index in [1.807, 2.05) is 6.07 Å².